The Morgan fingerprint density at radius 2 is 2.04 bits per heavy atom. The van der Waals surface area contributed by atoms with Crippen molar-refractivity contribution in [3.8, 4) is 0 Å². The minimum Gasteiger partial charge on any atom is -0.386 e. The molecule has 1 aliphatic carbocycles. The molecule has 0 aliphatic heterocycles. The number of urea groups is 1. The number of benzene rings is 1. The van der Waals surface area contributed by atoms with E-state index in [-0.39, 0.29) is 4.21 Å². The minimum atomic E-state index is -3.99. The Bertz CT molecular complexity index is 911. The Hall–Kier alpha value is -1.90. The van der Waals surface area contributed by atoms with Crippen LogP contribution in [0.1, 0.15) is 37.0 Å². The van der Waals surface area contributed by atoms with E-state index in [0.29, 0.717) is 11.3 Å². The second-order valence-corrected chi connectivity index (χ2v) is 9.39. The van der Waals surface area contributed by atoms with Crippen molar-refractivity contribution < 1.29 is 18.3 Å². The first-order valence-corrected chi connectivity index (χ1v) is 10.3. The molecule has 3 rings (SSSR count). The fraction of sp³-hybridized carbons (Fsp3) is 0.353. The van der Waals surface area contributed by atoms with Crippen LogP contribution in [0, 0.1) is 0 Å². The topological polar surface area (TPSA) is 95.5 Å². The van der Waals surface area contributed by atoms with Crippen molar-refractivity contribution in [3.05, 3.63) is 46.3 Å². The zero-order valence-corrected chi connectivity index (χ0v) is 15.6. The van der Waals surface area contributed by atoms with Crippen LogP contribution in [0.2, 0.25) is 0 Å². The van der Waals surface area contributed by atoms with Gasteiger partial charge in [0.15, 0.2) is 0 Å². The SMILES string of the molecule is CC(C)(O)c1csc(S(=O)(=O)NC(=O)Nc2cccc3c2CCC3)c1. The first kappa shape index (κ1) is 17.9. The third-order valence-corrected chi connectivity index (χ3v) is 6.94. The van der Waals surface area contributed by atoms with Crippen LogP contribution in [0.15, 0.2) is 33.9 Å². The Labute approximate surface area is 150 Å². The number of carbonyl (C=O) groups is 1. The molecule has 3 N–H and O–H groups in total. The van der Waals surface area contributed by atoms with Crippen molar-refractivity contribution in [2.75, 3.05) is 5.32 Å². The van der Waals surface area contributed by atoms with E-state index in [0.717, 1.165) is 36.2 Å². The summed E-state index contributed by atoms with van der Waals surface area (Å²) in [6.45, 7) is 3.14. The number of aliphatic hydroxyl groups is 1. The van der Waals surface area contributed by atoms with E-state index in [1.54, 1.807) is 25.3 Å². The molecule has 0 spiro atoms. The summed E-state index contributed by atoms with van der Waals surface area (Å²) in [5.74, 6) is 0. The van der Waals surface area contributed by atoms with Crippen LogP contribution in [0.4, 0.5) is 10.5 Å². The molecule has 1 aromatic heterocycles. The Kier molecular flexibility index (Phi) is 4.61. The zero-order valence-electron chi connectivity index (χ0n) is 14.0. The average Bonchev–Trinajstić information content (AvgIpc) is 3.16. The third-order valence-electron chi connectivity index (χ3n) is 4.17. The molecule has 134 valence electrons. The molecule has 0 radical (unpaired) electrons. The molecule has 0 atom stereocenters. The molecular formula is C17H20N2O4S2. The smallest absolute Gasteiger partial charge is 0.333 e. The monoisotopic (exact) mass is 380 g/mol. The molecule has 0 fully saturated rings. The van der Waals surface area contributed by atoms with E-state index < -0.39 is 21.7 Å². The van der Waals surface area contributed by atoms with Gasteiger partial charge in [0, 0.05) is 5.69 Å². The van der Waals surface area contributed by atoms with Gasteiger partial charge in [-0.1, -0.05) is 12.1 Å². The maximum Gasteiger partial charge on any atom is 0.333 e. The molecule has 1 aromatic carbocycles. The van der Waals surface area contributed by atoms with Gasteiger partial charge in [-0.3, -0.25) is 0 Å². The second-order valence-electron chi connectivity index (χ2n) is 6.57. The number of rotatable bonds is 4. The van der Waals surface area contributed by atoms with Gasteiger partial charge in [-0.05, 0) is 67.3 Å². The summed E-state index contributed by atoms with van der Waals surface area (Å²) in [6.07, 6.45) is 2.88. The predicted molar refractivity (Wildman–Crippen MR) is 97.4 cm³/mol. The highest BCUT2D eigenvalue weighted by atomic mass is 32.2. The summed E-state index contributed by atoms with van der Waals surface area (Å²) in [5.41, 5.74) is 2.24. The Morgan fingerprint density at radius 3 is 2.72 bits per heavy atom. The molecule has 0 bridgehead atoms. The number of aryl methyl sites for hydroxylation is 1. The third kappa shape index (κ3) is 3.86. The predicted octanol–water partition coefficient (Wildman–Crippen LogP) is 2.97. The second kappa shape index (κ2) is 6.44. The van der Waals surface area contributed by atoms with Crippen molar-refractivity contribution in [2.45, 2.75) is 42.9 Å². The summed E-state index contributed by atoms with van der Waals surface area (Å²) in [6, 6.07) is 6.22. The maximum atomic E-state index is 12.4. The zero-order chi connectivity index (χ0) is 18.2. The number of sulfonamides is 1. The molecule has 1 aliphatic rings. The molecule has 8 heteroatoms. The van der Waals surface area contributed by atoms with Gasteiger partial charge in [0.1, 0.15) is 4.21 Å². The Balaban J connectivity index is 1.74. The number of carbonyl (C=O) groups excluding carboxylic acids is 1. The van der Waals surface area contributed by atoms with E-state index in [2.05, 4.69) is 5.32 Å². The van der Waals surface area contributed by atoms with Gasteiger partial charge in [0.2, 0.25) is 0 Å². The van der Waals surface area contributed by atoms with Crippen LogP contribution >= 0.6 is 11.3 Å². The summed E-state index contributed by atoms with van der Waals surface area (Å²) >= 11 is 0.961. The van der Waals surface area contributed by atoms with E-state index in [4.69, 9.17) is 0 Å². The minimum absolute atomic E-state index is 0.0157. The van der Waals surface area contributed by atoms with Crippen LogP contribution in [-0.4, -0.2) is 19.6 Å². The number of hydrogen-bond donors (Lipinski definition) is 3. The first-order valence-electron chi connectivity index (χ1n) is 7.93. The molecule has 2 amide bonds. The van der Waals surface area contributed by atoms with Crippen LogP contribution < -0.4 is 10.0 Å². The molecule has 1 heterocycles. The number of thiophene rings is 1. The quantitative estimate of drug-likeness (QED) is 0.760. The van der Waals surface area contributed by atoms with Gasteiger partial charge in [-0.15, -0.1) is 11.3 Å². The van der Waals surface area contributed by atoms with Crippen molar-refractivity contribution in [2.24, 2.45) is 0 Å². The lowest BCUT2D eigenvalue weighted by Crippen LogP contribution is -2.34. The largest absolute Gasteiger partial charge is 0.386 e. The highest BCUT2D eigenvalue weighted by Gasteiger charge is 2.25. The maximum absolute atomic E-state index is 12.4. The number of anilines is 1. The average molecular weight is 380 g/mol. The normalized spacial score (nSPS) is 14.2. The highest BCUT2D eigenvalue weighted by molar-refractivity contribution is 7.92. The van der Waals surface area contributed by atoms with Crippen LogP contribution in [0.5, 0.6) is 0 Å². The van der Waals surface area contributed by atoms with E-state index >= 15 is 0 Å². The van der Waals surface area contributed by atoms with Crippen LogP contribution in [-0.2, 0) is 28.5 Å². The van der Waals surface area contributed by atoms with Crippen LogP contribution in [0.25, 0.3) is 0 Å². The van der Waals surface area contributed by atoms with Crippen LogP contribution in [0.3, 0.4) is 0 Å². The number of fused-ring (bicyclic) bond motifs is 1. The summed E-state index contributed by atoms with van der Waals surface area (Å²) in [4.78, 5) is 12.2. The molecule has 2 aromatic rings. The number of nitrogens with one attached hydrogen (secondary N) is 2. The fourth-order valence-electron chi connectivity index (χ4n) is 2.84. The van der Waals surface area contributed by atoms with E-state index in [9.17, 15) is 18.3 Å². The standard InChI is InChI=1S/C17H20N2O4S2/c1-17(2,21)12-9-15(24-10-12)25(22,23)19-16(20)18-14-8-4-6-11-5-3-7-13(11)14/h4,6,8-10,21H,3,5,7H2,1-2H3,(H2,18,19,20). The number of hydrogen-bond acceptors (Lipinski definition) is 5. The van der Waals surface area contributed by atoms with Crippen molar-refractivity contribution in [3.63, 3.8) is 0 Å². The van der Waals surface area contributed by atoms with Gasteiger partial charge in [-0.25, -0.2) is 17.9 Å². The molecule has 6 nitrogen and oxygen atoms in total. The highest BCUT2D eigenvalue weighted by Crippen LogP contribution is 2.30. The van der Waals surface area contributed by atoms with Gasteiger partial charge in [0.05, 0.1) is 5.60 Å². The molecule has 0 unspecified atom stereocenters. The first-order chi connectivity index (χ1) is 11.7. The van der Waals surface area contributed by atoms with Gasteiger partial charge in [-0.2, -0.15) is 0 Å². The lowest BCUT2D eigenvalue weighted by atomic mass is 10.0. The summed E-state index contributed by atoms with van der Waals surface area (Å²) < 4.78 is 26.7. The summed E-state index contributed by atoms with van der Waals surface area (Å²) in [7, 11) is -3.99. The van der Waals surface area contributed by atoms with E-state index in [1.807, 2.05) is 16.9 Å². The lowest BCUT2D eigenvalue weighted by Gasteiger charge is -2.14. The number of amides is 2. The lowest BCUT2D eigenvalue weighted by molar-refractivity contribution is 0.0789. The van der Waals surface area contributed by atoms with Crippen molar-refractivity contribution in [1.82, 2.24) is 4.72 Å². The van der Waals surface area contributed by atoms with Crippen molar-refractivity contribution >= 4 is 33.1 Å². The van der Waals surface area contributed by atoms with Gasteiger partial charge >= 0.3 is 6.03 Å². The van der Waals surface area contributed by atoms with E-state index in [1.165, 1.54) is 11.6 Å². The fourth-order valence-corrected chi connectivity index (χ4v) is 5.08. The van der Waals surface area contributed by atoms with Gasteiger partial charge in [0.25, 0.3) is 10.0 Å². The van der Waals surface area contributed by atoms with Gasteiger partial charge < -0.3 is 10.4 Å². The molecule has 25 heavy (non-hydrogen) atoms. The molecule has 0 saturated heterocycles. The molecular weight excluding hydrogens is 360 g/mol. The van der Waals surface area contributed by atoms with Crippen molar-refractivity contribution in [1.29, 1.82) is 0 Å². The molecule has 0 saturated carbocycles. The Morgan fingerprint density at radius 1 is 1.28 bits per heavy atom. The summed E-state index contributed by atoms with van der Waals surface area (Å²) in [5, 5.41) is 14.1.